The van der Waals surface area contributed by atoms with Gasteiger partial charge in [-0.2, -0.15) is 10.2 Å². The maximum absolute atomic E-state index is 5.03. The van der Waals surface area contributed by atoms with Gasteiger partial charge in [-0.05, 0) is 60.5 Å². The molecule has 0 fully saturated rings. The van der Waals surface area contributed by atoms with Crippen molar-refractivity contribution in [3.63, 3.8) is 0 Å². The molecular weight excluding hydrogens is 332 g/mol. The molecule has 4 heteroatoms. The third kappa shape index (κ3) is 3.25. The minimum absolute atomic E-state index is 0.575. The molecule has 2 heterocycles. The van der Waals surface area contributed by atoms with Crippen LogP contribution in [0.3, 0.4) is 0 Å². The van der Waals surface area contributed by atoms with Gasteiger partial charge in [-0.25, -0.2) is 4.68 Å². The summed E-state index contributed by atoms with van der Waals surface area (Å²) in [6.45, 7) is 14.8. The highest BCUT2D eigenvalue weighted by atomic mass is 15.4. The third-order valence-electron chi connectivity index (χ3n) is 7.19. The first kappa shape index (κ1) is 18.8. The van der Waals surface area contributed by atoms with E-state index in [-0.39, 0.29) is 0 Å². The molecule has 2 aromatic rings. The lowest BCUT2D eigenvalue weighted by Crippen LogP contribution is -2.22. The van der Waals surface area contributed by atoms with Crippen molar-refractivity contribution in [3.8, 4) is 0 Å². The number of hydrogen-bond acceptors (Lipinski definition) is 2. The van der Waals surface area contributed by atoms with Crippen LogP contribution in [0.25, 0.3) is 0 Å². The summed E-state index contributed by atoms with van der Waals surface area (Å²) >= 11 is 0. The molecule has 0 N–H and O–H groups in total. The van der Waals surface area contributed by atoms with Crippen molar-refractivity contribution in [1.82, 2.24) is 19.6 Å². The van der Waals surface area contributed by atoms with Crippen LogP contribution in [-0.2, 0) is 6.67 Å². The quantitative estimate of drug-likeness (QED) is 0.677. The summed E-state index contributed by atoms with van der Waals surface area (Å²) in [5.74, 6) is 3.80. The number of hydrogen-bond donors (Lipinski definition) is 0. The molecule has 0 saturated heterocycles. The Balaban J connectivity index is 1.68. The number of aromatic nitrogens is 4. The maximum Gasteiger partial charge on any atom is 0.133 e. The molecule has 2 aliphatic carbocycles. The third-order valence-corrected chi connectivity index (χ3v) is 7.19. The number of fused-ring (bicyclic) bond motifs is 2. The zero-order valence-corrected chi connectivity index (χ0v) is 17.9. The first-order chi connectivity index (χ1) is 12.9. The highest BCUT2D eigenvalue weighted by molar-refractivity contribution is 5.30. The van der Waals surface area contributed by atoms with Crippen molar-refractivity contribution in [1.29, 1.82) is 0 Å². The predicted octanol–water partition coefficient (Wildman–Crippen LogP) is 5.86. The molecule has 0 bridgehead atoms. The molecule has 4 nitrogen and oxygen atoms in total. The Morgan fingerprint density at radius 3 is 2.30 bits per heavy atom. The normalized spacial score (nSPS) is 27.9. The number of rotatable bonds is 4. The van der Waals surface area contributed by atoms with E-state index in [0.717, 1.165) is 6.67 Å². The molecule has 4 atom stereocenters. The van der Waals surface area contributed by atoms with Crippen molar-refractivity contribution in [2.24, 2.45) is 11.8 Å². The van der Waals surface area contributed by atoms with Gasteiger partial charge < -0.3 is 0 Å². The molecule has 0 saturated carbocycles. The molecule has 27 heavy (non-hydrogen) atoms. The summed E-state index contributed by atoms with van der Waals surface area (Å²) in [5, 5.41) is 9.84. The van der Waals surface area contributed by atoms with Crippen molar-refractivity contribution in [2.45, 2.75) is 97.6 Å². The van der Waals surface area contributed by atoms with E-state index in [2.05, 4.69) is 63.3 Å². The molecule has 0 amide bonds. The molecule has 2 aliphatic rings. The first-order valence-electron chi connectivity index (χ1n) is 11.0. The van der Waals surface area contributed by atoms with Crippen LogP contribution in [0.1, 0.15) is 113 Å². The van der Waals surface area contributed by atoms with Crippen LogP contribution in [0.4, 0.5) is 0 Å². The minimum atomic E-state index is 0.575. The summed E-state index contributed by atoms with van der Waals surface area (Å²) in [5.41, 5.74) is 5.74. The maximum atomic E-state index is 5.03. The lowest BCUT2D eigenvalue weighted by Gasteiger charge is -2.30. The van der Waals surface area contributed by atoms with Crippen molar-refractivity contribution >= 4 is 0 Å². The van der Waals surface area contributed by atoms with E-state index in [0.29, 0.717) is 35.5 Å². The van der Waals surface area contributed by atoms with Gasteiger partial charge in [0.05, 0.1) is 11.9 Å². The Kier molecular flexibility index (Phi) is 4.94. The van der Waals surface area contributed by atoms with E-state index in [1.165, 1.54) is 48.2 Å². The summed E-state index contributed by atoms with van der Waals surface area (Å²) in [6.07, 6.45) is 9.56. The van der Waals surface area contributed by atoms with E-state index < -0.39 is 0 Å². The van der Waals surface area contributed by atoms with E-state index in [9.17, 15) is 0 Å². The first-order valence-corrected chi connectivity index (χ1v) is 11.0. The zero-order valence-electron chi connectivity index (χ0n) is 17.9. The van der Waals surface area contributed by atoms with E-state index in [1.54, 1.807) is 0 Å². The molecular formula is C23H36N4. The Morgan fingerprint density at radius 2 is 1.59 bits per heavy atom. The summed E-state index contributed by atoms with van der Waals surface area (Å²) < 4.78 is 4.40. The fourth-order valence-electron chi connectivity index (χ4n) is 5.42. The second kappa shape index (κ2) is 7.10. The Morgan fingerprint density at radius 1 is 0.926 bits per heavy atom. The second-order valence-electron chi connectivity index (χ2n) is 9.79. The summed E-state index contributed by atoms with van der Waals surface area (Å²) in [7, 11) is 0. The van der Waals surface area contributed by atoms with Crippen LogP contribution in [0.5, 0.6) is 0 Å². The van der Waals surface area contributed by atoms with E-state index in [4.69, 9.17) is 10.2 Å². The fourth-order valence-corrected chi connectivity index (χ4v) is 5.42. The Labute approximate surface area is 164 Å². The monoisotopic (exact) mass is 368 g/mol. The largest absolute Gasteiger partial charge is 0.251 e. The number of nitrogens with zero attached hydrogens (tertiary/aromatic N) is 4. The molecule has 0 spiro atoms. The van der Waals surface area contributed by atoms with Gasteiger partial charge >= 0.3 is 0 Å². The van der Waals surface area contributed by atoms with Crippen molar-refractivity contribution in [3.05, 3.63) is 34.9 Å². The van der Waals surface area contributed by atoms with Gasteiger partial charge in [0.25, 0.3) is 0 Å². The highest BCUT2D eigenvalue weighted by Gasteiger charge is 2.32. The van der Waals surface area contributed by atoms with Crippen LogP contribution in [0.2, 0.25) is 0 Å². The van der Waals surface area contributed by atoms with Gasteiger partial charge in [0.1, 0.15) is 6.67 Å². The molecule has 0 aromatic carbocycles. The standard InChI is InChI=1S/C23H36N4/c1-14(2)18-9-8-17(6)22-21(18)12-26(25-22)13-27-23-19(15(3)4)10-7-16(5)20(23)11-24-27/h11-12,14-19H,7-10,13H2,1-6H3/t16-,17-,18-,19-/m1/s1. The van der Waals surface area contributed by atoms with Gasteiger partial charge in [0, 0.05) is 23.7 Å². The lowest BCUT2D eigenvalue weighted by molar-refractivity contribution is 0.369. The molecule has 0 unspecified atom stereocenters. The highest BCUT2D eigenvalue weighted by Crippen LogP contribution is 2.43. The van der Waals surface area contributed by atoms with Crippen molar-refractivity contribution in [2.75, 3.05) is 0 Å². The molecule has 2 aromatic heterocycles. The Bertz CT molecular complexity index is 797. The molecule has 148 valence electrons. The topological polar surface area (TPSA) is 35.6 Å². The van der Waals surface area contributed by atoms with Crippen LogP contribution in [-0.4, -0.2) is 19.6 Å². The summed E-state index contributed by atoms with van der Waals surface area (Å²) in [6, 6.07) is 0. The van der Waals surface area contributed by atoms with Crippen LogP contribution < -0.4 is 0 Å². The molecule has 4 rings (SSSR count). The van der Waals surface area contributed by atoms with Gasteiger partial charge in [-0.15, -0.1) is 0 Å². The lowest BCUT2D eigenvalue weighted by atomic mass is 9.76. The van der Waals surface area contributed by atoms with Gasteiger partial charge in [0.2, 0.25) is 0 Å². The smallest absolute Gasteiger partial charge is 0.133 e. The van der Waals surface area contributed by atoms with Crippen LogP contribution >= 0.6 is 0 Å². The zero-order chi connectivity index (χ0) is 19.3. The summed E-state index contributed by atoms with van der Waals surface area (Å²) in [4.78, 5) is 0. The van der Waals surface area contributed by atoms with E-state index >= 15 is 0 Å². The Hall–Kier alpha value is -1.58. The second-order valence-corrected chi connectivity index (χ2v) is 9.79. The van der Waals surface area contributed by atoms with Crippen LogP contribution in [0.15, 0.2) is 12.4 Å². The SMILES string of the molecule is CC(C)[C@H]1CC[C@@H](C)c2nn(Cn3ncc4c3[C@@H](C(C)C)CC[C@H]4C)cc21. The molecule has 0 radical (unpaired) electrons. The van der Waals surface area contributed by atoms with Crippen LogP contribution in [0, 0.1) is 11.8 Å². The average molecular weight is 369 g/mol. The van der Waals surface area contributed by atoms with Crippen molar-refractivity contribution < 1.29 is 0 Å². The molecule has 0 aliphatic heterocycles. The van der Waals surface area contributed by atoms with Gasteiger partial charge in [-0.3, -0.25) is 4.68 Å². The van der Waals surface area contributed by atoms with Gasteiger partial charge in [-0.1, -0.05) is 41.5 Å². The minimum Gasteiger partial charge on any atom is -0.251 e. The fraction of sp³-hybridized carbons (Fsp3) is 0.739. The van der Waals surface area contributed by atoms with E-state index in [1.807, 2.05) is 0 Å². The van der Waals surface area contributed by atoms with Gasteiger partial charge in [0.15, 0.2) is 0 Å². The average Bonchev–Trinajstić information content (AvgIpc) is 3.21. The predicted molar refractivity (Wildman–Crippen MR) is 110 cm³/mol.